The molecule has 0 radical (unpaired) electrons. The van der Waals surface area contributed by atoms with Crippen LogP contribution in [0.4, 0.5) is 5.69 Å². The molecule has 0 bridgehead atoms. The highest BCUT2D eigenvalue weighted by atomic mass is 32.1. The van der Waals surface area contributed by atoms with Gasteiger partial charge in [-0.1, -0.05) is 24.3 Å². The Morgan fingerprint density at radius 1 is 0.871 bits per heavy atom. The molecule has 0 aliphatic carbocycles. The maximum atomic E-state index is 9.79. The Hall–Kier alpha value is -3.64. The van der Waals surface area contributed by atoms with E-state index >= 15 is 0 Å². The minimum absolute atomic E-state index is 0.124. The summed E-state index contributed by atoms with van der Waals surface area (Å²) in [6.45, 7) is 2.11. The van der Waals surface area contributed by atoms with Crippen molar-refractivity contribution in [3.05, 3.63) is 108 Å². The lowest BCUT2D eigenvalue weighted by Gasteiger charge is -2.29. The molecule has 5 rings (SSSR count). The number of phenolic OH excluding ortho intramolecular Hbond substituents is 1. The summed E-state index contributed by atoms with van der Waals surface area (Å²) in [6.07, 6.45) is 1.81. The number of aromatic hydroxyl groups is 1. The summed E-state index contributed by atoms with van der Waals surface area (Å²) in [4.78, 5) is 6.74. The number of para-hydroxylation sites is 1. The van der Waals surface area contributed by atoms with Crippen molar-refractivity contribution < 1.29 is 5.11 Å². The highest BCUT2D eigenvalue weighted by Gasteiger charge is 2.42. The molecule has 6 heteroatoms. The first-order valence-corrected chi connectivity index (χ1v) is 10.6. The molecule has 2 aromatic heterocycles. The number of nitrogens with zero attached hydrogens (tertiary/aromatic N) is 3. The van der Waals surface area contributed by atoms with Gasteiger partial charge < -0.3 is 19.9 Å². The van der Waals surface area contributed by atoms with Crippen molar-refractivity contribution in [3.63, 3.8) is 0 Å². The third kappa shape index (κ3) is 3.45. The minimum Gasteiger partial charge on any atom is -0.508 e. The van der Waals surface area contributed by atoms with Crippen LogP contribution in [-0.2, 0) is 0 Å². The molecular weight excluding hydrogens is 404 g/mol. The number of hydrogen-bond acceptors (Lipinski definition) is 3. The maximum absolute atomic E-state index is 9.79. The van der Waals surface area contributed by atoms with Crippen LogP contribution < -0.4 is 10.2 Å². The average molecular weight is 427 g/mol. The van der Waals surface area contributed by atoms with E-state index in [1.807, 2.05) is 54.7 Å². The first-order valence-electron chi connectivity index (χ1n) is 10.2. The molecule has 2 N–H and O–H groups in total. The topological polar surface area (TPSA) is 53.3 Å². The normalized spacial score (nSPS) is 18.2. The molecular formula is C25H22N4OS. The van der Waals surface area contributed by atoms with Gasteiger partial charge in [-0.2, -0.15) is 0 Å². The van der Waals surface area contributed by atoms with E-state index in [2.05, 4.69) is 51.0 Å². The Kier molecular flexibility index (Phi) is 4.92. The largest absolute Gasteiger partial charge is 0.508 e. The first kappa shape index (κ1) is 19.3. The van der Waals surface area contributed by atoms with Gasteiger partial charge in [0.1, 0.15) is 11.8 Å². The van der Waals surface area contributed by atoms with Crippen LogP contribution in [0.5, 0.6) is 5.75 Å². The number of nitrogens with one attached hydrogen (secondary N) is 1. The van der Waals surface area contributed by atoms with Crippen molar-refractivity contribution in [2.75, 3.05) is 4.90 Å². The summed E-state index contributed by atoms with van der Waals surface area (Å²) < 4.78 is 2.27. The molecule has 3 heterocycles. The molecule has 154 valence electrons. The van der Waals surface area contributed by atoms with Gasteiger partial charge in [0.05, 0.1) is 11.7 Å². The van der Waals surface area contributed by atoms with Gasteiger partial charge in [0.2, 0.25) is 0 Å². The average Bonchev–Trinajstić information content (AvgIpc) is 3.35. The lowest BCUT2D eigenvalue weighted by Crippen LogP contribution is -2.30. The summed E-state index contributed by atoms with van der Waals surface area (Å²) in [5.74, 6) is 0.225. The first-order chi connectivity index (χ1) is 15.1. The van der Waals surface area contributed by atoms with Gasteiger partial charge in [-0.25, -0.2) is 0 Å². The summed E-state index contributed by atoms with van der Waals surface area (Å²) in [5.41, 5.74) is 5.19. The summed E-state index contributed by atoms with van der Waals surface area (Å²) in [5, 5.41) is 13.9. The molecule has 2 aromatic carbocycles. The second kappa shape index (κ2) is 7.89. The number of anilines is 1. The molecule has 2 atom stereocenters. The zero-order valence-electron chi connectivity index (χ0n) is 17.0. The van der Waals surface area contributed by atoms with E-state index in [0.717, 1.165) is 28.5 Å². The van der Waals surface area contributed by atoms with E-state index in [-0.39, 0.29) is 17.8 Å². The monoisotopic (exact) mass is 426 g/mol. The summed E-state index contributed by atoms with van der Waals surface area (Å²) in [6, 6.07) is 27.5. The molecule has 0 saturated carbocycles. The van der Waals surface area contributed by atoms with Crippen LogP contribution in [-0.4, -0.2) is 19.8 Å². The van der Waals surface area contributed by atoms with Crippen LogP contribution in [0.2, 0.25) is 0 Å². The molecule has 1 fully saturated rings. The number of hydrogen-bond donors (Lipinski definition) is 2. The van der Waals surface area contributed by atoms with Crippen LogP contribution in [0.25, 0.3) is 5.69 Å². The Morgan fingerprint density at radius 3 is 2.32 bits per heavy atom. The standard InChI is InChI=1S/C25H22N4OS/c1-17-10-15-22(28(17)18-7-3-2-4-8-18)24-23(21-9-5-6-16-26-21)27-25(31)29(24)19-11-13-20(30)14-12-19/h2-16,23-24,30H,1H3,(H,27,31)/t23-,24-/m1/s1. The van der Waals surface area contributed by atoms with Crippen LogP contribution >= 0.6 is 12.2 Å². The van der Waals surface area contributed by atoms with Gasteiger partial charge in [0.25, 0.3) is 0 Å². The van der Waals surface area contributed by atoms with Crippen molar-refractivity contribution in [1.82, 2.24) is 14.9 Å². The van der Waals surface area contributed by atoms with Gasteiger partial charge in [-0.05, 0) is 79.8 Å². The third-order valence-electron chi connectivity index (χ3n) is 5.65. The van der Waals surface area contributed by atoms with E-state index in [4.69, 9.17) is 12.2 Å². The van der Waals surface area contributed by atoms with Gasteiger partial charge in [-0.3, -0.25) is 4.98 Å². The van der Waals surface area contributed by atoms with Crippen molar-refractivity contribution in [1.29, 1.82) is 0 Å². The molecule has 1 aliphatic heterocycles. The van der Waals surface area contributed by atoms with Crippen molar-refractivity contribution in [2.24, 2.45) is 0 Å². The van der Waals surface area contributed by atoms with Gasteiger partial charge in [0.15, 0.2) is 5.11 Å². The fourth-order valence-corrected chi connectivity index (χ4v) is 4.61. The zero-order valence-corrected chi connectivity index (χ0v) is 17.8. The highest BCUT2D eigenvalue weighted by molar-refractivity contribution is 7.80. The predicted octanol–water partition coefficient (Wildman–Crippen LogP) is 5.06. The van der Waals surface area contributed by atoms with Crippen LogP contribution in [0.3, 0.4) is 0 Å². The summed E-state index contributed by atoms with van der Waals surface area (Å²) in [7, 11) is 0. The van der Waals surface area contributed by atoms with E-state index in [9.17, 15) is 5.11 Å². The molecule has 0 spiro atoms. The Bertz CT molecular complexity index is 1210. The molecule has 1 aliphatic rings. The smallest absolute Gasteiger partial charge is 0.174 e. The zero-order chi connectivity index (χ0) is 21.4. The van der Waals surface area contributed by atoms with Gasteiger partial charge in [-0.15, -0.1) is 0 Å². The van der Waals surface area contributed by atoms with Gasteiger partial charge in [0, 0.05) is 29.0 Å². The lowest BCUT2D eigenvalue weighted by atomic mass is 10.0. The second-order valence-corrected chi connectivity index (χ2v) is 7.97. The van der Waals surface area contributed by atoms with E-state index in [1.54, 1.807) is 12.1 Å². The molecule has 4 aromatic rings. The third-order valence-corrected chi connectivity index (χ3v) is 5.96. The minimum atomic E-state index is -0.126. The maximum Gasteiger partial charge on any atom is 0.174 e. The van der Waals surface area contributed by atoms with Crippen LogP contribution in [0, 0.1) is 6.92 Å². The Balaban J connectivity index is 1.70. The van der Waals surface area contributed by atoms with Crippen molar-refractivity contribution in [2.45, 2.75) is 19.0 Å². The number of benzene rings is 2. The predicted molar refractivity (Wildman–Crippen MR) is 127 cm³/mol. The number of phenols is 1. The van der Waals surface area contributed by atoms with Gasteiger partial charge >= 0.3 is 0 Å². The molecule has 1 saturated heterocycles. The Morgan fingerprint density at radius 2 is 1.61 bits per heavy atom. The van der Waals surface area contributed by atoms with Crippen molar-refractivity contribution >= 4 is 23.0 Å². The number of aryl methyl sites for hydroxylation is 1. The van der Waals surface area contributed by atoms with Crippen LogP contribution in [0.15, 0.2) is 91.1 Å². The number of rotatable bonds is 4. The fourth-order valence-electron chi connectivity index (χ4n) is 4.27. The fraction of sp³-hybridized carbons (Fsp3) is 0.120. The second-order valence-electron chi connectivity index (χ2n) is 7.58. The lowest BCUT2D eigenvalue weighted by molar-refractivity contribution is 0.475. The number of aromatic nitrogens is 2. The van der Waals surface area contributed by atoms with Crippen LogP contribution in [0.1, 0.15) is 29.2 Å². The quantitative estimate of drug-likeness (QED) is 0.447. The molecule has 0 unspecified atom stereocenters. The Labute approximate surface area is 186 Å². The molecule has 31 heavy (non-hydrogen) atoms. The van der Waals surface area contributed by atoms with Crippen molar-refractivity contribution in [3.8, 4) is 11.4 Å². The number of thiocarbonyl (C=S) groups is 1. The van der Waals surface area contributed by atoms with E-state index in [0.29, 0.717) is 5.11 Å². The van der Waals surface area contributed by atoms with E-state index in [1.165, 1.54) is 0 Å². The van der Waals surface area contributed by atoms with E-state index < -0.39 is 0 Å². The SMILES string of the molecule is Cc1ccc([C@@H]2[C@@H](c3ccccn3)NC(=S)N2c2ccc(O)cc2)n1-c1ccccc1. The molecule has 5 nitrogen and oxygen atoms in total. The summed E-state index contributed by atoms with van der Waals surface area (Å²) >= 11 is 5.79. The highest BCUT2D eigenvalue weighted by Crippen LogP contribution is 2.42. The number of pyridine rings is 1. The molecule has 0 amide bonds.